The van der Waals surface area contributed by atoms with Gasteiger partial charge in [-0.1, -0.05) is 12.8 Å². The Morgan fingerprint density at radius 3 is 2.29 bits per heavy atom. The molecule has 0 aromatic carbocycles. The van der Waals surface area contributed by atoms with Crippen LogP contribution < -0.4 is 5.32 Å². The largest absolute Gasteiger partial charge is 0.365 e. The van der Waals surface area contributed by atoms with Gasteiger partial charge in [0.05, 0.1) is 22.7 Å². The molecule has 0 aromatic heterocycles. The van der Waals surface area contributed by atoms with Gasteiger partial charge in [-0.2, -0.15) is 0 Å². The summed E-state index contributed by atoms with van der Waals surface area (Å²) in [7, 11) is -2.90. The van der Waals surface area contributed by atoms with Crippen molar-refractivity contribution < 1.29 is 13.2 Å². The Morgan fingerprint density at radius 2 is 1.59 bits per heavy atom. The summed E-state index contributed by atoms with van der Waals surface area (Å²) in [5.74, 6) is 0.555. The van der Waals surface area contributed by atoms with Crippen molar-refractivity contribution in [1.82, 2.24) is 5.32 Å². The molecule has 3 fully saturated rings. The van der Waals surface area contributed by atoms with E-state index in [2.05, 4.69) is 5.32 Å². The zero-order valence-corrected chi connectivity index (χ0v) is 11.0. The maximum Gasteiger partial charge on any atom is 0.153 e. The zero-order chi connectivity index (χ0) is 12.0. The predicted molar refractivity (Wildman–Crippen MR) is 65.8 cm³/mol. The smallest absolute Gasteiger partial charge is 0.153 e. The number of nitrogens with one attached hydrogen (secondary N) is 1. The summed E-state index contributed by atoms with van der Waals surface area (Å²) >= 11 is 0. The summed E-state index contributed by atoms with van der Waals surface area (Å²) in [6.45, 7) is 1.60. The van der Waals surface area contributed by atoms with E-state index in [1.165, 1.54) is 12.8 Å². The minimum atomic E-state index is -2.90. The van der Waals surface area contributed by atoms with E-state index in [-0.39, 0.29) is 11.4 Å². The molecule has 2 spiro atoms. The molecule has 3 aliphatic rings. The fourth-order valence-electron chi connectivity index (χ4n) is 3.73. The standard InChI is InChI=1S/C12H21NO3S/c14-17(15)7-3-6-12(10-17)9-13-8-11(16-12)4-1-2-5-11/h13H,1-10H2. The van der Waals surface area contributed by atoms with Gasteiger partial charge in [0.2, 0.25) is 0 Å². The van der Waals surface area contributed by atoms with Crippen molar-refractivity contribution >= 4 is 9.84 Å². The molecule has 3 rings (SSSR count). The van der Waals surface area contributed by atoms with Gasteiger partial charge < -0.3 is 10.1 Å². The van der Waals surface area contributed by atoms with Gasteiger partial charge >= 0.3 is 0 Å². The number of ether oxygens (including phenoxy) is 1. The third kappa shape index (κ3) is 2.25. The van der Waals surface area contributed by atoms with E-state index in [9.17, 15) is 8.42 Å². The molecule has 1 N–H and O–H groups in total. The molecule has 1 atom stereocenters. The fourth-order valence-corrected chi connectivity index (χ4v) is 5.56. The summed E-state index contributed by atoms with van der Waals surface area (Å²) in [4.78, 5) is 0. The van der Waals surface area contributed by atoms with Gasteiger partial charge in [0.25, 0.3) is 0 Å². The molecule has 17 heavy (non-hydrogen) atoms. The number of rotatable bonds is 0. The van der Waals surface area contributed by atoms with Crippen LogP contribution in [0.15, 0.2) is 0 Å². The normalized spacial score (nSPS) is 39.8. The van der Waals surface area contributed by atoms with Crippen LogP contribution in [0.4, 0.5) is 0 Å². The highest BCUT2D eigenvalue weighted by atomic mass is 32.2. The molecule has 0 radical (unpaired) electrons. The number of morpholine rings is 1. The summed E-state index contributed by atoms with van der Waals surface area (Å²) in [6, 6.07) is 0. The first kappa shape index (κ1) is 11.9. The molecule has 2 saturated heterocycles. The Labute approximate surface area is 103 Å². The molecule has 1 aliphatic carbocycles. The summed E-state index contributed by atoms with van der Waals surface area (Å²) in [5, 5.41) is 3.43. The van der Waals surface area contributed by atoms with E-state index < -0.39 is 15.4 Å². The molecule has 0 aromatic rings. The third-order valence-electron chi connectivity index (χ3n) is 4.41. The Hall–Kier alpha value is -0.130. The summed E-state index contributed by atoms with van der Waals surface area (Å²) < 4.78 is 30.0. The van der Waals surface area contributed by atoms with E-state index in [1.54, 1.807) is 0 Å². The fraction of sp³-hybridized carbons (Fsp3) is 1.00. The molecular formula is C12H21NO3S. The van der Waals surface area contributed by atoms with Crippen molar-refractivity contribution in [3.8, 4) is 0 Å². The first-order chi connectivity index (χ1) is 8.04. The van der Waals surface area contributed by atoms with Gasteiger partial charge in [-0.05, 0) is 25.7 Å². The molecule has 5 heteroatoms. The number of hydrogen-bond donors (Lipinski definition) is 1. The molecule has 0 bridgehead atoms. The predicted octanol–water partition coefficient (Wildman–Crippen LogP) is 0.866. The van der Waals surface area contributed by atoms with Gasteiger partial charge in [-0.3, -0.25) is 0 Å². The van der Waals surface area contributed by atoms with E-state index >= 15 is 0 Å². The van der Waals surface area contributed by atoms with Gasteiger partial charge in [0, 0.05) is 13.1 Å². The van der Waals surface area contributed by atoms with Gasteiger partial charge in [-0.25, -0.2) is 8.42 Å². The highest BCUT2D eigenvalue weighted by molar-refractivity contribution is 7.91. The topological polar surface area (TPSA) is 55.4 Å². The van der Waals surface area contributed by atoms with Crippen LogP contribution in [0.1, 0.15) is 38.5 Å². The highest BCUT2D eigenvalue weighted by Crippen LogP contribution is 2.41. The molecule has 0 amide bonds. The van der Waals surface area contributed by atoms with Crippen molar-refractivity contribution in [2.24, 2.45) is 0 Å². The van der Waals surface area contributed by atoms with E-state index in [4.69, 9.17) is 4.74 Å². The van der Waals surface area contributed by atoms with Crippen LogP contribution in [0.3, 0.4) is 0 Å². The Bertz CT molecular complexity index is 396. The second-order valence-corrected chi connectivity index (χ2v) is 8.16. The molecule has 2 heterocycles. The van der Waals surface area contributed by atoms with Gasteiger partial charge in [0.1, 0.15) is 0 Å². The van der Waals surface area contributed by atoms with Crippen LogP contribution in [0.5, 0.6) is 0 Å². The van der Waals surface area contributed by atoms with E-state index in [0.29, 0.717) is 12.3 Å². The molecule has 1 unspecified atom stereocenters. The lowest BCUT2D eigenvalue weighted by molar-refractivity contribution is -0.169. The first-order valence-corrected chi connectivity index (χ1v) is 8.47. The van der Waals surface area contributed by atoms with Crippen LogP contribution in [-0.4, -0.2) is 44.2 Å². The van der Waals surface area contributed by atoms with Crippen LogP contribution >= 0.6 is 0 Å². The number of hydrogen-bond acceptors (Lipinski definition) is 4. The van der Waals surface area contributed by atoms with Crippen molar-refractivity contribution in [2.75, 3.05) is 24.6 Å². The van der Waals surface area contributed by atoms with Crippen LogP contribution in [0, 0.1) is 0 Å². The molecule has 4 nitrogen and oxygen atoms in total. The first-order valence-electron chi connectivity index (χ1n) is 6.65. The van der Waals surface area contributed by atoms with Crippen LogP contribution in [0.2, 0.25) is 0 Å². The SMILES string of the molecule is O=S1(=O)CCCC2(CNCC3(CCCC3)O2)C1. The molecule has 98 valence electrons. The lowest BCUT2D eigenvalue weighted by Gasteiger charge is -2.48. The Morgan fingerprint density at radius 1 is 0.941 bits per heavy atom. The lowest BCUT2D eigenvalue weighted by atomic mass is 9.91. The minimum Gasteiger partial charge on any atom is -0.365 e. The van der Waals surface area contributed by atoms with Crippen LogP contribution in [-0.2, 0) is 14.6 Å². The monoisotopic (exact) mass is 259 g/mol. The third-order valence-corrected chi connectivity index (χ3v) is 6.29. The van der Waals surface area contributed by atoms with E-state index in [0.717, 1.165) is 32.2 Å². The van der Waals surface area contributed by atoms with Crippen molar-refractivity contribution in [3.05, 3.63) is 0 Å². The zero-order valence-electron chi connectivity index (χ0n) is 10.2. The van der Waals surface area contributed by atoms with Gasteiger partial charge in [0.15, 0.2) is 9.84 Å². The van der Waals surface area contributed by atoms with Crippen molar-refractivity contribution in [2.45, 2.75) is 49.7 Å². The minimum absolute atomic E-state index is 0.0644. The molecular weight excluding hydrogens is 238 g/mol. The second kappa shape index (κ2) is 3.93. The highest BCUT2D eigenvalue weighted by Gasteiger charge is 2.50. The summed E-state index contributed by atoms with van der Waals surface area (Å²) in [6.07, 6.45) is 6.24. The lowest BCUT2D eigenvalue weighted by Crippen LogP contribution is -2.63. The number of sulfone groups is 1. The summed E-state index contributed by atoms with van der Waals surface area (Å²) in [5.41, 5.74) is -0.495. The second-order valence-electron chi connectivity index (χ2n) is 5.97. The molecule has 2 aliphatic heterocycles. The molecule has 1 saturated carbocycles. The Kier molecular flexibility index (Phi) is 2.76. The Balaban J connectivity index is 1.82. The van der Waals surface area contributed by atoms with E-state index in [1.807, 2.05) is 0 Å². The average Bonchev–Trinajstić information content (AvgIpc) is 2.64. The maximum absolute atomic E-state index is 11.8. The average molecular weight is 259 g/mol. The maximum atomic E-state index is 11.8. The van der Waals surface area contributed by atoms with Crippen LogP contribution in [0.25, 0.3) is 0 Å². The van der Waals surface area contributed by atoms with Gasteiger partial charge in [-0.15, -0.1) is 0 Å². The van der Waals surface area contributed by atoms with Crippen molar-refractivity contribution in [3.63, 3.8) is 0 Å². The van der Waals surface area contributed by atoms with Crippen molar-refractivity contribution in [1.29, 1.82) is 0 Å². The quantitative estimate of drug-likeness (QED) is 0.701.